The van der Waals surface area contributed by atoms with Gasteiger partial charge in [-0.25, -0.2) is 0 Å². The van der Waals surface area contributed by atoms with Gasteiger partial charge in [-0.1, -0.05) is 64.5 Å². The van der Waals surface area contributed by atoms with E-state index in [0.717, 1.165) is 25.7 Å². The molecule has 0 aromatic carbocycles. The van der Waals surface area contributed by atoms with Gasteiger partial charge in [0.05, 0.1) is 16.2 Å². The van der Waals surface area contributed by atoms with E-state index in [0.29, 0.717) is 9.75 Å². The van der Waals surface area contributed by atoms with Crippen LogP contribution >= 0.6 is 68.0 Å². The molecule has 6 rings (SSSR count). The van der Waals surface area contributed by atoms with Crippen molar-refractivity contribution in [3.63, 3.8) is 0 Å². The van der Waals surface area contributed by atoms with E-state index in [1.54, 1.807) is 68.0 Å². The molecule has 0 amide bonds. The maximum atomic E-state index is 13.7. The molecule has 6 aromatic heterocycles. The molecule has 0 atom stereocenters. The first-order chi connectivity index (χ1) is 23.0. The van der Waals surface area contributed by atoms with Crippen LogP contribution in [0.25, 0.3) is 39.0 Å². The molecule has 0 saturated heterocycles. The summed E-state index contributed by atoms with van der Waals surface area (Å²) in [6.07, 6.45) is 11.3. The van der Waals surface area contributed by atoms with Crippen molar-refractivity contribution in [3.05, 3.63) is 92.3 Å². The highest BCUT2D eigenvalue weighted by Gasteiger charge is 2.23. The largest absolute Gasteiger partial charge is 0.293 e. The van der Waals surface area contributed by atoms with E-state index in [1.165, 1.54) is 88.7 Å². The molecule has 0 unspecified atom stereocenters. The molecule has 0 bridgehead atoms. The van der Waals surface area contributed by atoms with Crippen molar-refractivity contribution < 1.29 is 9.59 Å². The minimum atomic E-state index is -0.0831. The normalized spacial score (nSPS) is 11.4. The monoisotopic (exact) mass is 732 g/mol. The van der Waals surface area contributed by atoms with Crippen LogP contribution in [0.2, 0.25) is 0 Å². The van der Waals surface area contributed by atoms with Gasteiger partial charge in [-0.3, -0.25) is 9.59 Å². The number of carbonyl (C=O) groups excluding carboxylic acids is 2. The second kappa shape index (κ2) is 16.8. The lowest BCUT2D eigenvalue weighted by Gasteiger charge is -2.02. The molecule has 0 radical (unpaired) electrons. The van der Waals surface area contributed by atoms with Crippen LogP contribution in [-0.2, 0) is 12.8 Å². The maximum absolute atomic E-state index is 13.7. The molecular formula is C39H40O2S6. The van der Waals surface area contributed by atoms with Crippen molar-refractivity contribution in [1.82, 2.24) is 0 Å². The Hall–Kier alpha value is -2.46. The number of carbonyl (C=O) groups is 2. The van der Waals surface area contributed by atoms with Crippen LogP contribution in [0.5, 0.6) is 0 Å². The van der Waals surface area contributed by atoms with Gasteiger partial charge in [0.1, 0.15) is 0 Å². The van der Waals surface area contributed by atoms with E-state index in [2.05, 4.69) is 85.3 Å². The number of Topliss-reactive ketones (excluding diaryl/α,β-unsaturated/α-hetero) is 2. The summed E-state index contributed by atoms with van der Waals surface area (Å²) < 4.78 is 0. The van der Waals surface area contributed by atoms with Crippen LogP contribution in [-0.4, -0.2) is 11.6 Å². The van der Waals surface area contributed by atoms with Crippen LogP contribution in [0.15, 0.2) is 71.4 Å². The smallest absolute Gasteiger partial charge is 0.180 e. The number of ketones is 2. The van der Waals surface area contributed by atoms with E-state index < -0.39 is 0 Å². The predicted molar refractivity (Wildman–Crippen MR) is 211 cm³/mol. The highest BCUT2D eigenvalue weighted by atomic mass is 32.1. The molecule has 0 spiro atoms. The Labute approximate surface area is 302 Å². The summed E-state index contributed by atoms with van der Waals surface area (Å²) in [6, 6.07) is 21.5. The molecule has 6 heterocycles. The Morgan fingerprint density at radius 2 is 0.957 bits per heavy atom. The molecule has 0 fully saturated rings. The second-order valence-electron chi connectivity index (χ2n) is 11.9. The molecule has 0 aliphatic carbocycles. The average Bonchev–Trinajstić information content (AvgIpc) is 3.92. The Balaban J connectivity index is 1.22. The average molecular weight is 733 g/mol. The standard InChI is InChI=1S/C39H40O2S6/c1-3-5-7-9-13-26-23-36(46-38(26)34-19-17-32(44-34)30-15-11-21-42-30)28(40)25-29(41)37-24-27(14-10-8-6-4-2)39(47-37)35-20-18-33(45-35)31-16-12-22-43-31/h11-12,15-24H,3-10,13-14,25H2,1-2H3. The van der Waals surface area contributed by atoms with Crippen molar-refractivity contribution in [2.24, 2.45) is 0 Å². The third-order valence-electron chi connectivity index (χ3n) is 8.28. The van der Waals surface area contributed by atoms with E-state index in [4.69, 9.17) is 0 Å². The maximum Gasteiger partial charge on any atom is 0.180 e. The topological polar surface area (TPSA) is 34.1 Å². The minimum absolute atomic E-state index is 0.0633. The Morgan fingerprint density at radius 1 is 0.511 bits per heavy atom. The fourth-order valence-corrected chi connectivity index (χ4v) is 12.0. The SMILES string of the molecule is CCCCCCc1cc(C(=O)CC(=O)c2cc(CCCCCC)c(-c3ccc(-c4cccs4)s3)s2)sc1-c1ccc(-c2cccs2)s1. The second-order valence-corrected chi connectivity index (χ2v) is 18.0. The zero-order valence-corrected chi connectivity index (χ0v) is 31.9. The number of rotatable bonds is 18. The zero-order valence-electron chi connectivity index (χ0n) is 27.0. The number of hydrogen-bond acceptors (Lipinski definition) is 8. The van der Waals surface area contributed by atoms with Crippen LogP contribution in [0.4, 0.5) is 0 Å². The lowest BCUT2D eigenvalue weighted by Crippen LogP contribution is -2.06. The highest BCUT2D eigenvalue weighted by Crippen LogP contribution is 2.44. The summed E-state index contributed by atoms with van der Waals surface area (Å²) >= 11 is 10.2. The quantitative estimate of drug-likeness (QED) is 0.0501. The van der Waals surface area contributed by atoms with Crippen LogP contribution in [0, 0.1) is 0 Å². The lowest BCUT2D eigenvalue weighted by molar-refractivity contribution is 0.0898. The first-order valence-electron chi connectivity index (χ1n) is 16.6. The summed E-state index contributed by atoms with van der Waals surface area (Å²) in [7, 11) is 0. The highest BCUT2D eigenvalue weighted by molar-refractivity contribution is 7.27. The van der Waals surface area contributed by atoms with Crippen LogP contribution in [0.3, 0.4) is 0 Å². The van der Waals surface area contributed by atoms with E-state index >= 15 is 0 Å². The van der Waals surface area contributed by atoms with E-state index in [9.17, 15) is 9.59 Å². The molecule has 8 heteroatoms. The first-order valence-corrected chi connectivity index (χ1v) is 21.7. The number of hydrogen-bond donors (Lipinski definition) is 0. The van der Waals surface area contributed by atoms with Gasteiger partial charge in [-0.15, -0.1) is 68.0 Å². The number of aryl methyl sites for hydroxylation is 2. The van der Waals surface area contributed by atoms with Gasteiger partial charge in [0.15, 0.2) is 11.6 Å². The predicted octanol–water partition coefficient (Wildman–Crippen LogP) is 14.4. The molecule has 0 N–H and O–H groups in total. The summed E-state index contributed by atoms with van der Waals surface area (Å²) in [5, 5.41) is 4.23. The van der Waals surface area contributed by atoms with Crippen LogP contribution < -0.4 is 0 Å². The fraction of sp³-hybridized carbons (Fsp3) is 0.333. The fourth-order valence-electron chi connectivity index (χ4n) is 5.75. The third-order valence-corrected chi connectivity index (χ3v) is 15.4. The third kappa shape index (κ3) is 8.59. The van der Waals surface area contributed by atoms with Gasteiger partial charge < -0.3 is 0 Å². The van der Waals surface area contributed by atoms with Gasteiger partial charge in [0.25, 0.3) is 0 Å². The van der Waals surface area contributed by atoms with Crippen molar-refractivity contribution >= 4 is 79.6 Å². The Morgan fingerprint density at radius 3 is 1.36 bits per heavy atom. The minimum Gasteiger partial charge on any atom is -0.293 e. The van der Waals surface area contributed by atoms with Crippen LogP contribution in [0.1, 0.15) is 102 Å². The van der Waals surface area contributed by atoms with Gasteiger partial charge in [-0.2, -0.15) is 0 Å². The summed E-state index contributed by atoms with van der Waals surface area (Å²) in [4.78, 5) is 38.8. The van der Waals surface area contributed by atoms with Crippen molar-refractivity contribution in [2.45, 2.75) is 84.5 Å². The summed E-state index contributed by atoms with van der Waals surface area (Å²) in [6.45, 7) is 4.46. The molecule has 244 valence electrons. The van der Waals surface area contributed by atoms with Gasteiger partial charge in [0, 0.05) is 39.0 Å². The Bertz CT molecular complexity index is 1740. The van der Waals surface area contributed by atoms with Crippen molar-refractivity contribution in [3.8, 4) is 39.0 Å². The summed E-state index contributed by atoms with van der Waals surface area (Å²) in [5.74, 6) is -0.127. The first kappa shape index (κ1) is 34.4. The summed E-state index contributed by atoms with van der Waals surface area (Å²) in [5.41, 5.74) is 2.49. The molecule has 0 aliphatic rings. The van der Waals surface area contributed by atoms with Gasteiger partial charge in [-0.05, 0) is 96.1 Å². The van der Waals surface area contributed by atoms with E-state index in [1.807, 2.05) is 0 Å². The number of unbranched alkanes of at least 4 members (excludes halogenated alkanes) is 6. The molecule has 6 aromatic rings. The lowest BCUT2D eigenvalue weighted by atomic mass is 10.0. The molecule has 0 saturated carbocycles. The van der Waals surface area contributed by atoms with Crippen molar-refractivity contribution in [1.29, 1.82) is 0 Å². The van der Waals surface area contributed by atoms with Gasteiger partial charge in [0.2, 0.25) is 0 Å². The molecule has 2 nitrogen and oxygen atoms in total. The Kier molecular flexibility index (Phi) is 12.3. The van der Waals surface area contributed by atoms with E-state index in [-0.39, 0.29) is 18.0 Å². The molecular weight excluding hydrogens is 693 g/mol. The molecule has 47 heavy (non-hydrogen) atoms. The molecule has 0 aliphatic heterocycles. The van der Waals surface area contributed by atoms with Gasteiger partial charge >= 0.3 is 0 Å². The van der Waals surface area contributed by atoms with Crippen molar-refractivity contribution in [2.75, 3.05) is 0 Å². The zero-order chi connectivity index (χ0) is 32.6. The number of thiophene rings is 6.